The van der Waals surface area contributed by atoms with E-state index in [0.717, 1.165) is 0 Å². The van der Waals surface area contributed by atoms with Crippen molar-refractivity contribution in [1.82, 2.24) is 0 Å². The molecule has 1 aliphatic carbocycles. The summed E-state index contributed by atoms with van der Waals surface area (Å²) in [5.41, 5.74) is 1.28. The van der Waals surface area contributed by atoms with Crippen molar-refractivity contribution in [3.05, 3.63) is 35.7 Å². The Morgan fingerprint density at radius 1 is 1.25 bits per heavy atom. The van der Waals surface area contributed by atoms with Crippen molar-refractivity contribution in [1.29, 1.82) is 0 Å². The summed E-state index contributed by atoms with van der Waals surface area (Å²) in [4.78, 5) is 0. The van der Waals surface area contributed by atoms with Crippen molar-refractivity contribution in [2.45, 2.75) is 27.2 Å². The van der Waals surface area contributed by atoms with Crippen LogP contribution in [0.15, 0.2) is 35.7 Å². The van der Waals surface area contributed by atoms with E-state index in [1.165, 1.54) is 5.57 Å². The smallest absolute Gasteiger partial charge is 0.104 e. The van der Waals surface area contributed by atoms with Crippen LogP contribution in [0.2, 0.25) is 0 Å². The molecule has 0 nitrogen and oxygen atoms in total. The van der Waals surface area contributed by atoms with Gasteiger partial charge in [0.15, 0.2) is 0 Å². The maximum absolute atomic E-state index is 12.8. The minimum Gasteiger partial charge on any atom is -0.211 e. The molecule has 0 N–H and O–H groups in total. The topological polar surface area (TPSA) is 0 Å². The number of hydrogen-bond acceptors (Lipinski definition) is 0. The number of hydrogen-bond donors (Lipinski definition) is 0. The highest BCUT2D eigenvalue weighted by Gasteiger charge is 2.14. The van der Waals surface area contributed by atoms with Gasteiger partial charge in [-0.25, -0.2) is 4.39 Å². The molecular weight excluding hydrogens is 151 g/mol. The summed E-state index contributed by atoms with van der Waals surface area (Å²) < 4.78 is 12.8. The van der Waals surface area contributed by atoms with E-state index >= 15 is 0 Å². The van der Waals surface area contributed by atoms with Crippen LogP contribution in [0.3, 0.4) is 0 Å². The van der Waals surface area contributed by atoms with Crippen molar-refractivity contribution in [3.8, 4) is 0 Å². The Bertz CT molecular complexity index is 249. The standard InChI is InChI=1S/C11H15F/c1-11(2,3)9-5-4-6-10(12)8-7-9/h4-5,7-8H,6H2,1-3H3. The molecule has 0 aliphatic heterocycles. The molecule has 0 bridgehead atoms. The van der Waals surface area contributed by atoms with Gasteiger partial charge in [-0.3, -0.25) is 0 Å². The van der Waals surface area contributed by atoms with Gasteiger partial charge in [0.25, 0.3) is 0 Å². The van der Waals surface area contributed by atoms with Gasteiger partial charge in [-0.15, -0.1) is 0 Å². The van der Waals surface area contributed by atoms with Crippen molar-refractivity contribution < 1.29 is 4.39 Å². The fraction of sp³-hybridized carbons (Fsp3) is 0.455. The van der Waals surface area contributed by atoms with Gasteiger partial charge in [0.1, 0.15) is 5.83 Å². The van der Waals surface area contributed by atoms with Gasteiger partial charge in [0.2, 0.25) is 0 Å². The minimum atomic E-state index is -0.0644. The quantitative estimate of drug-likeness (QED) is 0.514. The van der Waals surface area contributed by atoms with E-state index in [1.807, 2.05) is 18.2 Å². The lowest BCUT2D eigenvalue weighted by Gasteiger charge is -2.19. The second-order valence-electron chi connectivity index (χ2n) is 4.09. The summed E-state index contributed by atoms with van der Waals surface area (Å²) >= 11 is 0. The summed E-state index contributed by atoms with van der Waals surface area (Å²) in [6.45, 7) is 6.38. The molecule has 1 heteroatoms. The van der Waals surface area contributed by atoms with Gasteiger partial charge >= 0.3 is 0 Å². The number of rotatable bonds is 0. The number of allylic oxidation sites excluding steroid dienone is 6. The summed E-state index contributed by atoms with van der Waals surface area (Å²) in [5, 5.41) is 0. The Kier molecular flexibility index (Phi) is 2.51. The van der Waals surface area contributed by atoms with Gasteiger partial charge in [-0.05, 0) is 17.1 Å². The van der Waals surface area contributed by atoms with Gasteiger partial charge in [-0.2, -0.15) is 0 Å². The Morgan fingerprint density at radius 3 is 2.50 bits per heavy atom. The average Bonchev–Trinajstić information content (AvgIpc) is 2.11. The van der Waals surface area contributed by atoms with Crippen LogP contribution in [0.5, 0.6) is 0 Å². The van der Waals surface area contributed by atoms with Gasteiger partial charge in [-0.1, -0.05) is 39.0 Å². The zero-order chi connectivity index (χ0) is 9.19. The molecule has 0 radical (unpaired) electrons. The van der Waals surface area contributed by atoms with Crippen molar-refractivity contribution >= 4 is 0 Å². The average molecular weight is 166 g/mol. The van der Waals surface area contributed by atoms with Crippen molar-refractivity contribution in [2.24, 2.45) is 5.41 Å². The summed E-state index contributed by atoms with van der Waals surface area (Å²) in [6.07, 6.45) is 7.72. The molecule has 0 aromatic heterocycles. The van der Waals surface area contributed by atoms with Crippen LogP contribution < -0.4 is 0 Å². The van der Waals surface area contributed by atoms with Crippen LogP contribution in [0.1, 0.15) is 27.2 Å². The molecule has 1 aliphatic rings. The van der Waals surface area contributed by atoms with E-state index in [2.05, 4.69) is 20.8 Å². The lowest BCUT2D eigenvalue weighted by atomic mass is 9.86. The lowest BCUT2D eigenvalue weighted by Crippen LogP contribution is -2.06. The van der Waals surface area contributed by atoms with Crippen molar-refractivity contribution in [2.75, 3.05) is 0 Å². The minimum absolute atomic E-state index is 0.0644. The van der Waals surface area contributed by atoms with E-state index < -0.39 is 0 Å². The Labute approximate surface area is 73.5 Å². The zero-order valence-electron chi connectivity index (χ0n) is 7.89. The first-order valence-electron chi connectivity index (χ1n) is 4.23. The largest absolute Gasteiger partial charge is 0.211 e. The summed E-state index contributed by atoms with van der Waals surface area (Å²) in [7, 11) is 0. The molecule has 0 fully saturated rings. The molecule has 0 amide bonds. The Hall–Kier alpha value is -0.850. The molecule has 66 valence electrons. The highest BCUT2D eigenvalue weighted by molar-refractivity contribution is 5.32. The predicted molar refractivity (Wildman–Crippen MR) is 50.5 cm³/mol. The van der Waals surface area contributed by atoms with Crippen LogP contribution in [0.25, 0.3) is 0 Å². The fourth-order valence-electron chi connectivity index (χ4n) is 1.10. The lowest BCUT2D eigenvalue weighted by molar-refractivity contribution is 0.517. The molecule has 12 heavy (non-hydrogen) atoms. The molecule has 0 aromatic rings. The highest BCUT2D eigenvalue weighted by Crippen LogP contribution is 2.28. The molecule has 0 aromatic carbocycles. The van der Waals surface area contributed by atoms with E-state index in [9.17, 15) is 4.39 Å². The monoisotopic (exact) mass is 166 g/mol. The third kappa shape index (κ3) is 2.33. The van der Waals surface area contributed by atoms with Crippen LogP contribution in [-0.4, -0.2) is 0 Å². The van der Waals surface area contributed by atoms with Crippen LogP contribution in [0.4, 0.5) is 4.39 Å². The maximum Gasteiger partial charge on any atom is 0.104 e. The third-order valence-corrected chi connectivity index (χ3v) is 1.92. The molecule has 0 saturated heterocycles. The fourth-order valence-corrected chi connectivity index (χ4v) is 1.10. The maximum atomic E-state index is 12.8. The summed E-state index contributed by atoms with van der Waals surface area (Å²) in [5.74, 6) is -0.0644. The van der Waals surface area contributed by atoms with Crippen LogP contribution >= 0.6 is 0 Å². The number of halogens is 1. The van der Waals surface area contributed by atoms with Gasteiger partial charge in [0.05, 0.1) is 0 Å². The predicted octanol–water partition coefficient (Wildman–Crippen LogP) is 3.77. The molecule has 0 heterocycles. The van der Waals surface area contributed by atoms with E-state index in [0.29, 0.717) is 6.42 Å². The molecule has 0 spiro atoms. The van der Waals surface area contributed by atoms with Crippen LogP contribution in [-0.2, 0) is 0 Å². The first-order valence-corrected chi connectivity index (χ1v) is 4.23. The van der Waals surface area contributed by atoms with Crippen molar-refractivity contribution in [3.63, 3.8) is 0 Å². The third-order valence-electron chi connectivity index (χ3n) is 1.92. The summed E-state index contributed by atoms with van der Waals surface area (Å²) in [6, 6.07) is 0. The van der Waals surface area contributed by atoms with Gasteiger partial charge < -0.3 is 0 Å². The SMILES string of the molecule is CC(C)(C)C1=CC=C(F)CC=C1. The highest BCUT2D eigenvalue weighted by atomic mass is 19.1. The van der Waals surface area contributed by atoms with E-state index in [4.69, 9.17) is 0 Å². The second-order valence-corrected chi connectivity index (χ2v) is 4.09. The van der Waals surface area contributed by atoms with E-state index in [1.54, 1.807) is 6.08 Å². The normalized spacial score (nSPS) is 18.3. The Morgan fingerprint density at radius 2 is 1.92 bits per heavy atom. The zero-order valence-corrected chi connectivity index (χ0v) is 7.89. The molecule has 1 rings (SSSR count). The molecule has 0 saturated carbocycles. The van der Waals surface area contributed by atoms with E-state index in [-0.39, 0.29) is 11.2 Å². The first kappa shape index (κ1) is 9.24. The second kappa shape index (κ2) is 3.26. The Balaban J connectivity index is 2.92. The molecular formula is C11H15F. The molecule has 0 atom stereocenters. The van der Waals surface area contributed by atoms with Crippen LogP contribution in [0, 0.1) is 5.41 Å². The molecule has 0 unspecified atom stereocenters. The van der Waals surface area contributed by atoms with Gasteiger partial charge in [0, 0.05) is 6.42 Å². The first-order chi connectivity index (χ1) is 5.50.